The average molecular weight is 322 g/mol. The number of aliphatic hydroxyl groups is 1. The van der Waals surface area contributed by atoms with Crippen LogP contribution in [0.1, 0.15) is 70.6 Å². The zero-order chi connectivity index (χ0) is 17.6. The molecule has 0 spiro atoms. The van der Waals surface area contributed by atoms with Gasteiger partial charge in [0.15, 0.2) is 0 Å². The summed E-state index contributed by atoms with van der Waals surface area (Å²) in [4.78, 5) is 0. The number of rotatable bonds is 8. The van der Waals surface area contributed by atoms with Crippen LogP contribution in [-0.2, 0) is 11.8 Å². The van der Waals surface area contributed by atoms with E-state index in [-0.39, 0.29) is 11.5 Å². The molecule has 1 aromatic carbocycles. The fraction of sp³-hybridized carbons (Fsp3) is 0.700. The first-order valence-electron chi connectivity index (χ1n) is 8.91. The fourth-order valence-corrected chi connectivity index (χ4v) is 2.95. The van der Waals surface area contributed by atoms with Gasteiger partial charge in [-0.3, -0.25) is 0 Å². The first kappa shape index (κ1) is 20.0. The van der Waals surface area contributed by atoms with Crippen molar-refractivity contribution in [2.24, 2.45) is 5.73 Å². The highest BCUT2D eigenvalue weighted by Gasteiger charge is 2.23. The molecule has 1 aromatic rings. The summed E-state index contributed by atoms with van der Waals surface area (Å²) in [6, 6.07) is 4.26. The van der Waals surface area contributed by atoms with Gasteiger partial charge in [0, 0.05) is 11.6 Å². The van der Waals surface area contributed by atoms with Gasteiger partial charge >= 0.3 is 0 Å². The molecule has 0 amide bonds. The van der Waals surface area contributed by atoms with E-state index >= 15 is 0 Å². The predicted molar refractivity (Wildman–Crippen MR) is 98.3 cm³/mol. The molecule has 0 aliphatic carbocycles. The highest BCUT2D eigenvalue weighted by atomic mass is 16.5. The van der Waals surface area contributed by atoms with Gasteiger partial charge in [0.05, 0.1) is 12.7 Å². The topological polar surface area (TPSA) is 55.5 Å². The summed E-state index contributed by atoms with van der Waals surface area (Å²) in [5.74, 6) is 0.988. The number of hydrogen-bond acceptors (Lipinski definition) is 3. The van der Waals surface area contributed by atoms with Crippen LogP contribution in [-0.4, -0.2) is 23.9 Å². The molecule has 2 atom stereocenters. The van der Waals surface area contributed by atoms with Crippen LogP contribution in [0.3, 0.4) is 0 Å². The maximum Gasteiger partial charge on any atom is 0.126 e. The van der Waals surface area contributed by atoms with E-state index in [1.807, 2.05) is 6.92 Å². The van der Waals surface area contributed by atoms with Gasteiger partial charge in [-0.15, -0.1) is 0 Å². The summed E-state index contributed by atoms with van der Waals surface area (Å²) < 4.78 is 5.98. The number of hydrogen-bond donors (Lipinski definition) is 2. The van der Waals surface area contributed by atoms with Gasteiger partial charge < -0.3 is 15.6 Å². The SMILES string of the molecule is CCCC(N)C(O)CCc1cc(C)cc(C(C)(C)C)c1OCC. The van der Waals surface area contributed by atoms with Crippen molar-refractivity contribution in [1.82, 2.24) is 0 Å². The van der Waals surface area contributed by atoms with Crippen molar-refractivity contribution in [2.75, 3.05) is 6.61 Å². The van der Waals surface area contributed by atoms with E-state index in [0.717, 1.165) is 25.0 Å². The van der Waals surface area contributed by atoms with Crippen LogP contribution in [0.2, 0.25) is 0 Å². The third-order valence-corrected chi connectivity index (χ3v) is 4.23. The van der Waals surface area contributed by atoms with Gasteiger partial charge in [-0.05, 0) is 44.1 Å². The molecule has 132 valence electrons. The Morgan fingerprint density at radius 1 is 1.17 bits per heavy atom. The van der Waals surface area contributed by atoms with Gasteiger partial charge in [-0.2, -0.15) is 0 Å². The second-order valence-electron chi connectivity index (χ2n) is 7.54. The molecular weight excluding hydrogens is 286 g/mol. The monoisotopic (exact) mass is 321 g/mol. The molecule has 0 aliphatic rings. The Morgan fingerprint density at radius 2 is 1.83 bits per heavy atom. The van der Waals surface area contributed by atoms with Gasteiger partial charge in [0.2, 0.25) is 0 Å². The van der Waals surface area contributed by atoms with E-state index in [2.05, 4.69) is 46.8 Å². The predicted octanol–water partition coefficient (Wildman–Crippen LogP) is 4.11. The second kappa shape index (κ2) is 8.70. The van der Waals surface area contributed by atoms with Gasteiger partial charge in [-0.1, -0.05) is 51.8 Å². The van der Waals surface area contributed by atoms with Gasteiger partial charge in [-0.25, -0.2) is 0 Å². The van der Waals surface area contributed by atoms with Crippen LogP contribution in [0.15, 0.2) is 12.1 Å². The maximum atomic E-state index is 10.3. The van der Waals surface area contributed by atoms with Crippen molar-refractivity contribution in [3.63, 3.8) is 0 Å². The molecule has 0 aliphatic heterocycles. The lowest BCUT2D eigenvalue weighted by Crippen LogP contribution is -2.34. The van der Waals surface area contributed by atoms with Crippen molar-refractivity contribution in [2.45, 2.75) is 84.8 Å². The van der Waals surface area contributed by atoms with Gasteiger partial charge in [0.25, 0.3) is 0 Å². The summed E-state index contributed by atoms with van der Waals surface area (Å²) in [5.41, 5.74) is 9.72. The zero-order valence-corrected chi connectivity index (χ0v) is 15.8. The summed E-state index contributed by atoms with van der Waals surface area (Å²) in [7, 11) is 0. The molecule has 0 saturated heterocycles. The lowest BCUT2D eigenvalue weighted by Gasteiger charge is -2.26. The summed E-state index contributed by atoms with van der Waals surface area (Å²) in [5, 5.41) is 10.3. The van der Waals surface area contributed by atoms with Crippen molar-refractivity contribution >= 4 is 0 Å². The molecule has 0 heterocycles. The number of ether oxygens (including phenoxy) is 1. The Hall–Kier alpha value is -1.06. The van der Waals surface area contributed by atoms with Crippen LogP contribution in [0.4, 0.5) is 0 Å². The van der Waals surface area contributed by atoms with Crippen LogP contribution in [0.25, 0.3) is 0 Å². The third-order valence-electron chi connectivity index (χ3n) is 4.23. The van der Waals surface area contributed by atoms with Crippen LogP contribution in [0.5, 0.6) is 5.75 Å². The van der Waals surface area contributed by atoms with Crippen LogP contribution < -0.4 is 10.5 Å². The van der Waals surface area contributed by atoms with E-state index in [1.165, 1.54) is 16.7 Å². The van der Waals surface area contributed by atoms with Crippen molar-refractivity contribution in [3.05, 3.63) is 28.8 Å². The maximum absolute atomic E-state index is 10.3. The molecule has 2 unspecified atom stereocenters. The number of aryl methyl sites for hydroxylation is 2. The lowest BCUT2D eigenvalue weighted by molar-refractivity contribution is 0.130. The minimum Gasteiger partial charge on any atom is -0.493 e. The van der Waals surface area contributed by atoms with E-state index in [4.69, 9.17) is 10.5 Å². The molecule has 23 heavy (non-hydrogen) atoms. The Morgan fingerprint density at radius 3 is 2.35 bits per heavy atom. The number of aliphatic hydroxyl groups excluding tert-OH is 1. The molecule has 3 heteroatoms. The first-order valence-corrected chi connectivity index (χ1v) is 8.91. The molecule has 3 nitrogen and oxygen atoms in total. The van der Waals surface area contributed by atoms with E-state index < -0.39 is 6.10 Å². The Bertz CT molecular complexity index is 491. The lowest BCUT2D eigenvalue weighted by atomic mass is 9.83. The van der Waals surface area contributed by atoms with Crippen molar-refractivity contribution < 1.29 is 9.84 Å². The van der Waals surface area contributed by atoms with Crippen molar-refractivity contribution in [1.29, 1.82) is 0 Å². The molecule has 0 bridgehead atoms. The fourth-order valence-electron chi connectivity index (χ4n) is 2.95. The van der Waals surface area contributed by atoms with E-state index in [9.17, 15) is 5.11 Å². The molecule has 1 rings (SSSR count). The van der Waals surface area contributed by atoms with Gasteiger partial charge in [0.1, 0.15) is 5.75 Å². The van der Waals surface area contributed by atoms with E-state index in [0.29, 0.717) is 13.0 Å². The normalized spacial score (nSPS) is 14.6. The number of nitrogens with two attached hydrogens (primary N) is 1. The summed E-state index contributed by atoms with van der Waals surface area (Å²) in [6.45, 7) is 13.5. The average Bonchev–Trinajstić information content (AvgIpc) is 2.45. The third kappa shape index (κ3) is 5.82. The molecule has 0 aromatic heterocycles. The van der Waals surface area contributed by atoms with Crippen LogP contribution in [0, 0.1) is 6.92 Å². The smallest absolute Gasteiger partial charge is 0.126 e. The summed E-state index contributed by atoms with van der Waals surface area (Å²) in [6.07, 6.45) is 2.87. The quantitative estimate of drug-likeness (QED) is 0.757. The van der Waals surface area contributed by atoms with Crippen molar-refractivity contribution in [3.8, 4) is 5.75 Å². The van der Waals surface area contributed by atoms with E-state index in [1.54, 1.807) is 0 Å². The Balaban J connectivity index is 3.03. The molecular formula is C20H35NO2. The first-order chi connectivity index (χ1) is 10.7. The molecule has 3 N–H and O–H groups in total. The summed E-state index contributed by atoms with van der Waals surface area (Å²) >= 11 is 0. The standard InChI is InChI=1S/C20H35NO2/c1-7-9-17(21)18(22)11-10-15-12-14(3)13-16(20(4,5)6)19(15)23-8-2/h12-13,17-18,22H,7-11,21H2,1-6H3. The zero-order valence-electron chi connectivity index (χ0n) is 15.8. The molecule has 0 saturated carbocycles. The minimum atomic E-state index is -0.456. The highest BCUT2D eigenvalue weighted by Crippen LogP contribution is 2.36. The Kier molecular flexibility index (Phi) is 7.56. The largest absolute Gasteiger partial charge is 0.493 e. The second-order valence-corrected chi connectivity index (χ2v) is 7.54. The van der Waals surface area contributed by atoms with Crippen LogP contribution >= 0.6 is 0 Å². The minimum absolute atomic E-state index is 0.0303. The number of benzene rings is 1. The molecule has 0 radical (unpaired) electrons. The Labute approximate surface area is 142 Å². The highest BCUT2D eigenvalue weighted by molar-refractivity contribution is 5.48. The molecule has 0 fully saturated rings.